The van der Waals surface area contributed by atoms with Gasteiger partial charge in [-0.3, -0.25) is 0 Å². The van der Waals surface area contributed by atoms with Gasteiger partial charge in [-0.25, -0.2) is 9.78 Å². The first kappa shape index (κ1) is 15.6. The van der Waals surface area contributed by atoms with Gasteiger partial charge in [0.25, 0.3) is 0 Å². The molecule has 0 unspecified atom stereocenters. The van der Waals surface area contributed by atoms with Crippen LogP contribution in [0.25, 0.3) is 0 Å². The molecule has 0 N–H and O–H groups in total. The summed E-state index contributed by atoms with van der Waals surface area (Å²) in [6.07, 6.45) is 4.98. The third kappa shape index (κ3) is 3.90. The molecule has 3 heterocycles. The molecule has 23 heavy (non-hydrogen) atoms. The Balaban J connectivity index is 1.61. The molecule has 1 aliphatic rings. The maximum absolute atomic E-state index is 12.0. The normalized spacial score (nSPS) is 21.2. The first-order valence-corrected chi connectivity index (χ1v) is 7.66. The number of hydrogen-bond donors (Lipinski definition) is 0. The van der Waals surface area contributed by atoms with E-state index in [1.807, 2.05) is 19.9 Å². The molecular weight excluding hydrogens is 296 g/mol. The summed E-state index contributed by atoms with van der Waals surface area (Å²) in [4.78, 5) is 18.6. The number of carbonyl (C=O) groups excluding carboxylic acids is 1. The van der Waals surface area contributed by atoms with Crippen LogP contribution in [0.3, 0.4) is 0 Å². The molecule has 6 nitrogen and oxygen atoms in total. The third-order valence-electron chi connectivity index (χ3n) is 3.68. The number of furan rings is 1. The fraction of sp³-hybridized carbons (Fsp3) is 0.412. The number of aromatic nitrogens is 1. The van der Waals surface area contributed by atoms with E-state index in [2.05, 4.69) is 9.88 Å². The monoisotopic (exact) mass is 316 g/mol. The second kappa shape index (κ2) is 6.83. The Morgan fingerprint density at radius 2 is 2.09 bits per heavy atom. The third-order valence-corrected chi connectivity index (χ3v) is 3.68. The lowest BCUT2D eigenvalue weighted by molar-refractivity contribution is -0.00547. The maximum Gasteiger partial charge on any atom is 0.340 e. The highest BCUT2D eigenvalue weighted by molar-refractivity contribution is 5.89. The van der Waals surface area contributed by atoms with Crippen LogP contribution in [-0.4, -0.2) is 36.3 Å². The molecule has 2 atom stereocenters. The number of morpholine rings is 1. The number of hydrogen-bond acceptors (Lipinski definition) is 6. The molecule has 3 rings (SSSR count). The van der Waals surface area contributed by atoms with Gasteiger partial charge in [-0.15, -0.1) is 0 Å². The van der Waals surface area contributed by atoms with E-state index in [0.717, 1.165) is 24.5 Å². The smallest absolute Gasteiger partial charge is 0.340 e. The Bertz CT molecular complexity index is 629. The second-order valence-corrected chi connectivity index (χ2v) is 5.78. The first-order valence-electron chi connectivity index (χ1n) is 7.66. The summed E-state index contributed by atoms with van der Waals surface area (Å²) in [6.45, 7) is 5.87. The van der Waals surface area contributed by atoms with Gasteiger partial charge < -0.3 is 18.8 Å². The summed E-state index contributed by atoms with van der Waals surface area (Å²) < 4.78 is 15.9. The summed E-state index contributed by atoms with van der Waals surface area (Å²) in [5, 5.41) is 0. The standard InChI is InChI=1S/C17H20N2O4/c1-12-8-19(9-13(2)23-12)16-4-3-15(7-18-16)17(20)22-11-14-5-6-21-10-14/h3-7,10,12-13H,8-9,11H2,1-2H3/t12-,13-/m0/s1. The zero-order chi connectivity index (χ0) is 16.2. The van der Waals surface area contributed by atoms with Gasteiger partial charge in [0, 0.05) is 24.8 Å². The van der Waals surface area contributed by atoms with Gasteiger partial charge >= 0.3 is 5.97 Å². The quantitative estimate of drug-likeness (QED) is 0.808. The topological polar surface area (TPSA) is 64.8 Å². The number of anilines is 1. The lowest BCUT2D eigenvalue weighted by Gasteiger charge is -2.36. The average molecular weight is 316 g/mol. The molecule has 0 amide bonds. The van der Waals surface area contributed by atoms with Crippen LogP contribution in [0.1, 0.15) is 29.8 Å². The van der Waals surface area contributed by atoms with Crippen LogP contribution >= 0.6 is 0 Å². The average Bonchev–Trinajstić information content (AvgIpc) is 3.05. The van der Waals surface area contributed by atoms with Crippen molar-refractivity contribution >= 4 is 11.8 Å². The van der Waals surface area contributed by atoms with Crippen molar-refractivity contribution in [3.05, 3.63) is 48.0 Å². The zero-order valence-corrected chi connectivity index (χ0v) is 13.3. The minimum absolute atomic E-state index is 0.167. The first-order chi connectivity index (χ1) is 11.1. The largest absolute Gasteiger partial charge is 0.472 e. The minimum Gasteiger partial charge on any atom is -0.472 e. The summed E-state index contributed by atoms with van der Waals surface area (Å²) in [7, 11) is 0. The molecule has 122 valence electrons. The van der Waals surface area contributed by atoms with Crippen LogP contribution in [0.5, 0.6) is 0 Å². The Kier molecular flexibility index (Phi) is 4.62. The van der Waals surface area contributed by atoms with Crippen LogP contribution in [0.2, 0.25) is 0 Å². The Morgan fingerprint density at radius 1 is 1.30 bits per heavy atom. The van der Waals surface area contributed by atoms with E-state index < -0.39 is 5.97 Å². The molecule has 0 spiro atoms. The predicted octanol–water partition coefficient (Wildman–Crippen LogP) is 2.65. The SMILES string of the molecule is C[C@H]1CN(c2ccc(C(=O)OCc3ccoc3)cn2)C[C@H](C)O1. The molecule has 0 aliphatic carbocycles. The summed E-state index contributed by atoms with van der Waals surface area (Å²) in [5.74, 6) is 0.451. The molecule has 1 aliphatic heterocycles. The number of pyridine rings is 1. The highest BCUT2D eigenvalue weighted by Gasteiger charge is 2.23. The van der Waals surface area contributed by atoms with Crippen molar-refractivity contribution in [2.75, 3.05) is 18.0 Å². The van der Waals surface area contributed by atoms with Gasteiger partial charge in [0.2, 0.25) is 0 Å². The lowest BCUT2D eigenvalue weighted by Crippen LogP contribution is -2.45. The van der Waals surface area contributed by atoms with E-state index in [1.54, 1.807) is 30.9 Å². The van der Waals surface area contributed by atoms with Gasteiger partial charge in [0.1, 0.15) is 12.4 Å². The predicted molar refractivity (Wildman–Crippen MR) is 84.3 cm³/mol. The van der Waals surface area contributed by atoms with Crippen molar-refractivity contribution in [3.8, 4) is 0 Å². The van der Waals surface area contributed by atoms with Crippen LogP contribution in [0, 0.1) is 0 Å². The summed E-state index contributed by atoms with van der Waals surface area (Å²) in [6, 6.07) is 5.35. The second-order valence-electron chi connectivity index (χ2n) is 5.78. The molecule has 6 heteroatoms. The zero-order valence-electron chi connectivity index (χ0n) is 13.3. The highest BCUT2D eigenvalue weighted by Crippen LogP contribution is 2.18. The van der Waals surface area contributed by atoms with Crippen LogP contribution in [-0.2, 0) is 16.1 Å². The molecule has 1 fully saturated rings. The minimum atomic E-state index is -0.394. The number of esters is 1. The van der Waals surface area contributed by atoms with E-state index in [4.69, 9.17) is 13.9 Å². The van der Waals surface area contributed by atoms with Crippen molar-refractivity contribution < 1.29 is 18.7 Å². The summed E-state index contributed by atoms with van der Waals surface area (Å²) >= 11 is 0. The molecule has 0 bridgehead atoms. The Labute approximate surface area is 135 Å². The van der Waals surface area contributed by atoms with E-state index in [9.17, 15) is 4.79 Å². The van der Waals surface area contributed by atoms with Crippen LogP contribution in [0.15, 0.2) is 41.3 Å². The molecule has 2 aromatic heterocycles. The molecule has 0 radical (unpaired) electrons. The van der Waals surface area contributed by atoms with Gasteiger partial charge in [0.15, 0.2) is 0 Å². The Hall–Kier alpha value is -2.34. The number of ether oxygens (including phenoxy) is 2. The van der Waals surface area contributed by atoms with Crippen molar-refractivity contribution in [3.63, 3.8) is 0 Å². The molecule has 0 saturated carbocycles. The van der Waals surface area contributed by atoms with Gasteiger partial charge in [-0.05, 0) is 32.0 Å². The van der Waals surface area contributed by atoms with Crippen LogP contribution in [0.4, 0.5) is 5.82 Å². The molecule has 0 aromatic carbocycles. The van der Waals surface area contributed by atoms with E-state index in [0.29, 0.717) is 5.56 Å². The highest BCUT2D eigenvalue weighted by atomic mass is 16.5. The lowest BCUT2D eigenvalue weighted by atomic mass is 10.2. The Morgan fingerprint density at radius 3 is 2.70 bits per heavy atom. The van der Waals surface area contributed by atoms with Crippen molar-refractivity contribution in [1.29, 1.82) is 0 Å². The van der Waals surface area contributed by atoms with E-state index in [-0.39, 0.29) is 18.8 Å². The number of carbonyl (C=O) groups is 1. The maximum atomic E-state index is 12.0. The molecule has 2 aromatic rings. The van der Waals surface area contributed by atoms with Crippen molar-refractivity contribution in [1.82, 2.24) is 4.98 Å². The number of rotatable bonds is 4. The van der Waals surface area contributed by atoms with Crippen molar-refractivity contribution in [2.45, 2.75) is 32.7 Å². The van der Waals surface area contributed by atoms with Gasteiger partial charge in [-0.2, -0.15) is 0 Å². The number of nitrogens with zero attached hydrogens (tertiary/aromatic N) is 2. The molecule has 1 saturated heterocycles. The van der Waals surface area contributed by atoms with Crippen molar-refractivity contribution in [2.24, 2.45) is 0 Å². The van der Waals surface area contributed by atoms with E-state index in [1.165, 1.54) is 0 Å². The van der Waals surface area contributed by atoms with Crippen LogP contribution < -0.4 is 4.90 Å². The van der Waals surface area contributed by atoms with E-state index >= 15 is 0 Å². The fourth-order valence-corrected chi connectivity index (χ4v) is 2.67. The van der Waals surface area contributed by atoms with Gasteiger partial charge in [0.05, 0.1) is 30.3 Å². The fourth-order valence-electron chi connectivity index (χ4n) is 2.67. The van der Waals surface area contributed by atoms with Gasteiger partial charge in [-0.1, -0.05) is 0 Å². The molecular formula is C17H20N2O4. The summed E-state index contributed by atoms with van der Waals surface area (Å²) in [5.41, 5.74) is 1.26.